The summed E-state index contributed by atoms with van der Waals surface area (Å²) in [4.78, 5) is 14.9. The highest BCUT2D eigenvalue weighted by atomic mass is 16.5. The Morgan fingerprint density at radius 2 is 2.16 bits per heavy atom. The molecule has 0 amide bonds. The van der Waals surface area contributed by atoms with Gasteiger partial charge in [-0.05, 0) is 30.2 Å². The molecule has 98 valence electrons. The quantitative estimate of drug-likeness (QED) is 0.894. The molecule has 0 saturated carbocycles. The molecule has 1 N–H and O–H groups in total. The van der Waals surface area contributed by atoms with E-state index in [9.17, 15) is 4.79 Å². The largest absolute Gasteiger partial charge is 0.489 e. The number of aryl methyl sites for hydroxylation is 1. The van der Waals surface area contributed by atoms with Crippen molar-refractivity contribution in [2.75, 3.05) is 0 Å². The van der Waals surface area contributed by atoms with E-state index in [1.54, 1.807) is 12.1 Å². The zero-order chi connectivity index (χ0) is 13.7. The number of benzene rings is 1. The van der Waals surface area contributed by atoms with E-state index in [4.69, 9.17) is 9.84 Å². The average Bonchev–Trinajstić information content (AvgIpc) is 2.45. The highest BCUT2D eigenvalue weighted by molar-refractivity contribution is 5.86. The molecule has 1 aromatic carbocycles. The molecule has 4 heteroatoms. The number of aromatic carboxylic acids is 1. The van der Waals surface area contributed by atoms with Crippen LogP contribution in [0.4, 0.5) is 0 Å². The molecule has 0 atom stereocenters. The van der Waals surface area contributed by atoms with Crippen LogP contribution in [0.5, 0.6) is 5.75 Å². The molecule has 19 heavy (non-hydrogen) atoms. The first-order chi connectivity index (χ1) is 9.20. The van der Waals surface area contributed by atoms with Gasteiger partial charge in [-0.25, -0.2) is 9.78 Å². The van der Waals surface area contributed by atoms with Gasteiger partial charge in [0.2, 0.25) is 0 Å². The van der Waals surface area contributed by atoms with E-state index < -0.39 is 5.97 Å². The second-order valence-corrected chi connectivity index (χ2v) is 4.11. The standard InChI is InChI=1S/C15H15NO3/c1-2-11-5-3-7-13(9-11)19-10-12-6-4-8-16-14(12)15(17)18/h3-9H,2,10H2,1H3,(H,17,18). The van der Waals surface area contributed by atoms with E-state index in [1.807, 2.05) is 24.3 Å². The Morgan fingerprint density at radius 3 is 2.89 bits per heavy atom. The molecule has 1 heterocycles. The van der Waals surface area contributed by atoms with Crippen molar-refractivity contribution >= 4 is 5.97 Å². The van der Waals surface area contributed by atoms with Crippen molar-refractivity contribution in [3.63, 3.8) is 0 Å². The third-order valence-electron chi connectivity index (χ3n) is 2.79. The normalized spacial score (nSPS) is 10.2. The van der Waals surface area contributed by atoms with Crippen LogP contribution in [-0.4, -0.2) is 16.1 Å². The Labute approximate surface area is 111 Å². The van der Waals surface area contributed by atoms with Gasteiger partial charge in [0.1, 0.15) is 12.4 Å². The molecule has 0 aliphatic heterocycles. The minimum Gasteiger partial charge on any atom is -0.489 e. The number of aromatic nitrogens is 1. The lowest BCUT2D eigenvalue weighted by Crippen LogP contribution is -2.07. The maximum absolute atomic E-state index is 11.0. The van der Waals surface area contributed by atoms with E-state index >= 15 is 0 Å². The van der Waals surface area contributed by atoms with E-state index in [0.717, 1.165) is 12.2 Å². The Bertz CT molecular complexity index is 581. The predicted molar refractivity (Wildman–Crippen MR) is 71.3 cm³/mol. The van der Waals surface area contributed by atoms with Crippen molar-refractivity contribution in [3.8, 4) is 5.75 Å². The Hall–Kier alpha value is -2.36. The van der Waals surface area contributed by atoms with Gasteiger partial charge in [-0.15, -0.1) is 0 Å². The van der Waals surface area contributed by atoms with Crippen LogP contribution in [0.2, 0.25) is 0 Å². The van der Waals surface area contributed by atoms with Gasteiger partial charge in [-0.1, -0.05) is 25.1 Å². The van der Waals surface area contributed by atoms with Crippen LogP contribution in [0.3, 0.4) is 0 Å². The lowest BCUT2D eigenvalue weighted by Gasteiger charge is -2.09. The van der Waals surface area contributed by atoms with Crippen LogP contribution in [0, 0.1) is 0 Å². The fraction of sp³-hybridized carbons (Fsp3) is 0.200. The molecule has 0 aliphatic rings. The molecule has 2 rings (SSSR count). The smallest absolute Gasteiger partial charge is 0.354 e. The van der Waals surface area contributed by atoms with Crippen LogP contribution < -0.4 is 4.74 Å². The third-order valence-corrected chi connectivity index (χ3v) is 2.79. The first-order valence-electron chi connectivity index (χ1n) is 6.09. The summed E-state index contributed by atoms with van der Waals surface area (Å²) in [6.45, 7) is 2.27. The number of hydrogen-bond donors (Lipinski definition) is 1. The maximum Gasteiger partial charge on any atom is 0.354 e. The summed E-state index contributed by atoms with van der Waals surface area (Å²) in [5.74, 6) is -0.305. The van der Waals surface area contributed by atoms with E-state index in [-0.39, 0.29) is 12.3 Å². The predicted octanol–water partition coefficient (Wildman–Crippen LogP) is 2.92. The zero-order valence-corrected chi connectivity index (χ0v) is 10.7. The fourth-order valence-corrected chi connectivity index (χ4v) is 1.76. The summed E-state index contributed by atoms with van der Waals surface area (Å²) in [5.41, 5.74) is 1.79. The van der Waals surface area contributed by atoms with Gasteiger partial charge in [0, 0.05) is 11.8 Å². The molecule has 2 aromatic rings. The molecular weight excluding hydrogens is 242 g/mol. The summed E-state index contributed by atoms with van der Waals surface area (Å²) < 4.78 is 5.62. The van der Waals surface area contributed by atoms with Crippen molar-refractivity contribution in [1.29, 1.82) is 0 Å². The summed E-state index contributed by atoms with van der Waals surface area (Å²) in [5, 5.41) is 9.03. The SMILES string of the molecule is CCc1cccc(OCc2cccnc2C(=O)O)c1. The molecule has 0 saturated heterocycles. The number of rotatable bonds is 5. The lowest BCUT2D eigenvalue weighted by molar-refractivity contribution is 0.0687. The molecule has 0 fully saturated rings. The van der Waals surface area contributed by atoms with Gasteiger partial charge in [-0.3, -0.25) is 0 Å². The van der Waals surface area contributed by atoms with Gasteiger partial charge < -0.3 is 9.84 Å². The number of carbonyl (C=O) groups is 1. The van der Waals surface area contributed by atoms with Gasteiger partial charge in [0.25, 0.3) is 0 Å². The number of carboxylic acids is 1. The van der Waals surface area contributed by atoms with Crippen molar-refractivity contribution < 1.29 is 14.6 Å². The lowest BCUT2D eigenvalue weighted by atomic mass is 10.1. The monoisotopic (exact) mass is 257 g/mol. The summed E-state index contributed by atoms with van der Waals surface area (Å²) in [6.07, 6.45) is 2.40. The van der Waals surface area contributed by atoms with Crippen LogP contribution in [0.1, 0.15) is 28.5 Å². The van der Waals surface area contributed by atoms with Crippen LogP contribution in [0.15, 0.2) is 42.6 Å². The van der Waals surface area contributed by atoms with Gasteiger partial charge >= 0.3 is 5.97 Å². The minimum absolute atomic E-state index is 0.0362. The van der Waals surface area contributed by atoms with Crippen LogP contribution >= 0.6 is 0 Å². The molecule has 0 spiro atoms. The molecule has 0 unspecified atom stereocenters. The topological polar surface area (TPSA) is 59.4 Å². The Morgan fingerprint density at radius 1 is 1.32 bits per heavy atom. The molecular formula is C15H15NO3. The first kappa shape index (κ1) is 13.1. The molecule has 4 nitrogen and oxygen atoms in total. The van der Waals surface area contributed by atoms with Gasteiger partial charge in [0.15, 0.2) is 5.69 Å². The average molecular weight is 257 g/mol. The van der Waals surface area contributed by atoms with E-state index in [1.165, 1.54) is 11.8 Å². The minimum atomic E-state index is -1.04. The summed E-state index contributed by atoms with van der Waals surface area (Å²) in [7, 11) is 0. The van der Waals surface area contributed by atoms with E-state index in [2.05, 4.69) is 11.9 Å². The van der Waals surface area contributed by atoms with Crippen molar-refractivity contribution in [2.24, 2.45) is 0 Å². The highest BCUT2D eigenvalue weighted by Gasteiger charge is 2.11. The molecule has 0 radical (unpaired) electrons. The Kier molecular flexibility index (Phi) is 4.13. The number of pyridine rings is 1. The zero-order valence-electron chi connectivity index (χ0n) is 10.7. The van der Waals surface area contributed by atoms with Crippen molar-refractivity contribution in [1.82, 2.24) is 4.98 Å². The second-order valence-electron chi connectivity index (χ2n) is 4.11. The van der Waals surface area contributed by atoms with Gasteiger partial charge in [0.05, 0.1) is 0 Å². The van der Waals surface area contributed by atoms with E-state index in [0.29, 0.717) is 5.56 Å². The van der Waals surface area contributed by atoms with Crippen molar-refractivity contribution in [3.05, 3.63) is 59.4 Å². The summed E-state index contributed by atoms with van der Waals surface area (Å²) >= 11 is 0. The molecule has 1 aromatic heterocycles. The fourth-order valence-electron chi connectivity index (χ4n) is 1.76. The summed E-state index contributed by atoms with van der Waals surface area (Å²) in [6, 6.07) is 11.2. The number of ether oxygens (including phenoxy) is 1. The molecule has 0 bridgehead atoms. The highest BCUT2D eigenvalue weighted by Crippen LogP contribution is 2.16. The number of carboxylic acid groups (broad SMARTS) is 1. The number of hydrogen-bond acceptors (Lipinski definition) is 3. The molecule has 0 aliphatic carbocycles. The van der Waals surface area contributed by atoms with Crippen molar-refractivity contribution in [2.45, 2.75) is 20.0 Å². The third kappa shape index (κ3) is 3.31. The second kappa shape index (κ2) is 6.00. The van der Waals surface area contributed by atoms with Crippen LogP contribution in [0.25, 0.3) is 0 Å². The first-order valence-corrected chi connectivity index (χ1v) is 6.09. The maximum atomic E-state index is 11.0. The van der Waals surface area contributed by atoms with Crippen LogP contribution in [-0.2, 0) is 13.0 Å². The Balaban J connectivity index is 2.12. The number of nitrogens with zero attached hydrogens (tertiary/aromatic N) is 1. The van der Waals surface area contributed by atoms with Gasteiger partial charge in [-0.2, -0.15) is 0 Å².